The summed E-state index contributed by atoms with van der Waals surface area (Å²) in [5.74, 6) is 2.92. The monoisotopic (exact) mass is 210 g/mol. The van der Waals surface area contributed by atoms with Gasteiger partial charge in [0.05, 0.1) is 7.11 Å². The number of hydrogen-bond donors (Lipinski definition) is 1. The normalized spacial score (nSPS) is 15.0. The Kier molecular flexibility index (Phi) is 2.93. The van der Waals surface area contributed by atoms with E-state index in [1.165, 1.54) is 16.9 Å². The molecule has 0 amide bonds. The van der Waals surface area contributed by atoms with Gasteiger partial charge in [-0.25, -0.2) is 4.98 Å². The molecule has 0 radical (unpaired) electrons. The Bertz CT molecular complexity index is 326. The van der Waals surface area contributed by atoms with Gasteiger partial charge < -0.3 is 10.5 Å². The summed E-state index contributed by atoms with van der Waals surface area (Å²) >= 11 is 1.95. The molecule has 1 aliphatic rings. The van der Waals surface area contributed by atoms with Crippen LogP contribution in [-0.4, -0.2) is 17.8 Å². The van der Waals surface area contributed by atoms with E-state index < -0.39 is 0 Å². The summed E-state index contributed by atoms with van der Waals surface area (Å²) in [6.07, 6.45) is 3.00. The Morgan fingerprint density at radius 3 is 3.21 bits per heavy atom. The highest BCUT2D eigenvalue weighted by atomic mass is 32.2. The Morgan fingerprint density at radius 1 is 1.64 bits per heavy atom. The van der Waals surface area contributed by atoms with Crippen molar-refractivity contribution in [1.82, 2.24) is 4.98 Å². The molecular weight excluding hydrogens is 196 g/mol. The van der Waals surface area contributed by atoms with Crippen LogP contribution in [0.4, 0.5) is 0 Å². The summed E-state index contributed by atoms with van der Waals surface area (Å²) in [5, 5.41) is 0. The van der Waals surface area contributed by atoms with Gasteiger partial charge in [0.25, 0.3) is 0 Å². The number of ether oxygens (including phenoxy) is 1. The first-order chi connectivity index (χ1) is 6.86. The summed E-state index contributed by atoms with van der Waals surface area (Å²) in [5.41, 5.74) is 9.49. The minimum Gasteiger partial charge on any atom is -0.481 e. The fourth-order valence-corrected chi connectivity index (χ4v) is 2.76. The van der Waals surface area contributed by atoms with Gasteiger partial charge >= 0.3 is 0 Å². The topological polar surface area (TPSA) is 48.1 Å². The Hall–Kier alpha value is -0.740. The average Bonchev–Trinajstić information content (AvgIpc) is 2.27. The second kappa shape index (κ2) is 4.19. The highest BCUT2D eigenvalue weighted by Gasteiger charge is 2.17. The SMILES string of the molecule is COc1ncc2c(c1CN)CCSC2. The first kappa shape index (κ1) is 9.80. The van der Waals surface area contributed by atoms with Crippen molar-refractivity contribution in [1.29, 1.82) is 0 Å². The molecule has 2 heterocycles. The molecule has 0 aromatic carbocycles. The van der Waals surface area contributed by atoms with Crippen molar-refractivity contribution >= 4 is 11.8 Å². The highest BCUT2D eigenvalue weighted by Crippen LogP contribution is 2.30. The Labute approximate surface area is 88.0 Å². The molecule has 1 aromatic rings. The molecule has 2 N–H and O–H groups in total. The molecule has 1 aromatic heterocycles. The zero-order valence-electron chi connectivity index (χ0n) is 8.25. The van der Waals surface area contributed by atoms with Crippen molar-refractivity contribution in [2.75, 3.05) is 12.9 Å². The average molecular weight is 210 g/mol. The van der Waals surface area contributed by atoms with Crippen LogP contribution in [0.15, 0.2) is 6.20 Å². The summed E-state index contributed by atoms with van der Waals surface area (Å²) in [4.78, 5) is 4.27. The van der Waals surface area contributed by atoms with Crippen molar-refractivity contribution in [3.8, 4) is 5.88 Å². The van der Waals surface area contributed by atoms with Gasteiger partial charge in [-0.05, 0) is 23.3 Å². The van der Waals surface area contributed by atoms with E-state index in [9.17, 15) is 0 Å². The molecule has 0 saturated heterocycles. The lowest BCUT2D eigenvalue weighted by molar-refractivity contribution is 0.391. The van der Waals surface area contributed by atoms with Crippen LogP contribution in [0.3, 0.4) is 0 Å². The fraction of sp³-hybridized carbons (Fsp3) is 0.500. The van der Waals surface area contributed by atoms with Gasteiger partial charge in [0.15, 0.2) is 0 Å². The molecular formula is C10H14N2OS. The largest absolute Gasteiger partial charge is 0.481 e. The van der Waals surface area contributed by atoms with Crippen molar-refractivity contribution in [2.45, 2.75) is 18.7 Å². The number of methoxy groups -OCH3 is 1. The van der Waals surface area contributed by atoms with E-state index in [-0.39, 0.29) is 0 Å². The van der Waals surface area contributed by atoms with Gasteiger partial charge in [0.1, 0.15) is 0 Å². The van der Waals surface area contributed by atoms with E-state index in [2.05, 4.69) is 4.98 Å². The van der Waals surface area contributed by atoms with Crippen LogP contribution in [0.25, 0.3) is 0 Å². The number of hydrogen-bond acceptors (Lipinski definition) is 4. The molecule has 2 rings (SSSR count). The molecule has 0 aliphatic carbocycles. The first-order valence-electron chi connectivity index (χ1n) is 4.68. The lowest BCUT2D eigenvalue weighted by atomic mass is 10.0. The molecule has 3 nitrogen and oxygen atoms in total. The van der Waals surface area contributed by atoms with Crippen molar-refractivity contribution in [3.05, 3.63) is 22.9 Å². The number of thioether (sulfide) groups is 1. The molecule has 0 atom stereocenters. The van der Waals surface area contributed by atoms with Gasteiger partial charge in [-0.2, -0.15) is 11.8 Å². The lowest BCUT2D eigenvalue weighted by Crippen LogP contribution is -2.12. The molecule has 4 heteroatoms. The van der Waals surface area contributed by atoms with Crippen molar-refractivity contribution in [2.24, 2.45) is 5.73 Å². The zero-order valence-corrected chi connectivity index (χ0v) is 9.06. The third-order valence-electron chi connectivity index (χ3n) is 2.50. The van der Waals surface area contributed by atoms with E-state index in [1.807, 2.05) is 18.0 Å². The number of rotatable bonds is 2. The summed E-state index contributed by atoms with van der Waals surface area (Å²) in [6, 6.07) is 0. The molecule has 0 bridgehead atoms. The molecule has 14 heavy (non-hydrogen) atoms. The summed E-state index contributed by atoms with van der Waals surface area (Å²) < 4.78 is 5.20. The Balaban J connectivity index is 2.50. The minimum absolute atomic E-state index is 0.518. The van der Waals surface area contributed by atoms with Crippen LogP contribution < -0.4 is 10.5 Å². The first-order valence-corrected chi connectivity index (χ1v) is 5.83. The quantitative estimate of drug-likeness (QED) is 0.800. The maximum Gasteiger partial charge on any atom is 0.217 e. The van der Waals surface area contributed by atoms with Crippen LogP contribution in [-0.2, 0) is 18.7 Å². The summed E-state index contributed by atoms with van der Waals surface area (Å²) in [6.45, 7) is 0.518. The molecule has 0 fully saturated rings. The second-order valence-electron chi connectivity index (χ2n) is 3.26. The lowest BCUT2D eigenvalue weighted by Gasteiger charge is -2.19. The Morgan fingerprint density at radius 2 is 2.50 bits per heavy atom. The molecule has 0 saturated carbocycles. The fourth-order valence-electron chi connectivity index (χ4n) is 1.79. The van der Waals surface area contributed by atoms with Crippen LogP contribution in [0.5, 0.6) is 5.88 Å². The number of aromatic nitrogens is 1. The van der Waals surface area contributed by atoms with E-state index in [1.54, 1.807) is 7.11 Å². The third kappa shape index (κ3) is 1.60. The van der Waals surface area contributed by atoms with E-state index in [0.717, 1.165) is 17.7 Å². The smallest absolute Gasteiger partial charge is 0.217 e. The number of nitrogens with two attached hydrogens (primary N) is 1. The van der Waals surface area contributed by atoms with Gasteiger partial charge in [-0.15, -0.1) is 0 Å². The number of fused-ring (bicyclic) bond motifs is 1. The zero-order chi connectivity index (χ0) is 9.97. The molecule has 0 unspecified atom stereocenters. The standard InChI is InChI=1S/C10H14N2OS/c1-13-10-9(4-11)8-2-3-14-6-7(8)5-12-10/h5H,2-4,6,11H2,1H3. The number of pyridine rings is 1. The molecule has 0 spiro atoms. The predicted molar refractivity (Wildman–Crippen MR) is 58.5 cm³/mol. The van der Waals surface area contributed by atoms with Crippen molar-refractivity contribution in [3.63, 3.8) is 0 Å². The molecule has 1 aliphatic heterocycles. The summed E-state index contributed by atoms with van der Waals surface area (Å²) in [7, 11) is 1.64. The maximum absolute atomic E-state index is 5.72. The van der Waals surface area contributed by atoms with Crippen LogP contribution in [0.2, 0.25) is 0 Å². The third-order valence-corrected chi connectivity index (χ3v) is 3.51. The van der Waals surface area contributed by atoms with Gasteiger partial charge in [-0.3, -0.25) is 0 Å². The second-order valence-corrected chi connectivity index (χ2v) is 4.36. The number of nitrogens with zero attached hydrogens (tertiary/aromatic N) is 1. The van der Waals surface area contributed by atoms with Crippen LogP contribution >= 0.6 is 11.8 Å². The van der Waals surface area contributed by atoms with Crippen molar-refractivity contribution < 1.29 is 4.74 Å². The maximum atomic E-state index is 5.72. The van der Waals surface area contributed by atoms with E-state index in [4.69, 9.17) is 10.5 Å². The predicted octanol–water partition coefficient (Wildman–Crippen LogP) is 1.34. The van der Waals surface area contributed by atoms with Gasteiger partial charge in [0, 0.05) is 24.1 Å². The minimum atomic E-state index is 0.518. The van der Waals surface area contributed by atoms with Gasteiger partial charge in [-0.1, -0.05) is 0 Å². The van der Waals surface area contributed by atoms with Crippen LogP contribution in [0, 0.1) is 0 Å². The highest BCUT2D eigenvalue weighted by molar-refractivity contribution is 7.98. The van der Waals surface area contributed by atoms with E-state index in [0.29, 0.717) is 12.4 Å². The van der Waals surface area contributed by atoms with Gasteiger partial charge in [0.2, 0.25) is 5.88 Å². The van der Waals surface area contributed by atoms with Crippen LogP contribution in [0.1, 0.15) is 16.7 Å². The van der Waals surface area contributed by atoms with E-state index >= 15 is 0 Å². The molecule has 76 valence electrons.